The van der Waals surface area contributed by atoms with Gasteiger partial charge in [0.1, 0.15) is 5.92 Å². The van der Waals surface area contributed by atoms with Gasteiger partial charge in [0.25, 0.3) is 0 Å². The van der Waals surface area contributed by atoms with Gasteiger partial charge in [-0.05, 0) is 24.0 Å². The van der Waals surface area contributed by atoms with Gasteiger partial charge in [0.15, 0.2) is 17.3 Å². The molecule has 21 heavy (non-hydrogen) atoms. The summed E-state index contributed by atoms with van der Waals surface area (Å²) in [6.07, 6.45) is 0.353. The lowest BCUT2D eigenvalue weighted by atomic mass is 10.1. The van der Waals surface area contributed by atoms with Crippen molar-refractivity contribution in [2.45, 2.75) is 20.3 Å². The molecule has 0 aromatic heterocycles. The lowest BCUT2D eigenvalue weighted by molar-refractivity contribution is -0.147. The lowest BCUT2D eigenvalue weighted by Crippen LogP contribution is -2.24. The van der Waals surface area contributed by atoms with E-state index in [0.29, 0.717) is 30.1 Å². The Bertz CT molecular complexity index is 562. The van der Waals surface area contributed by atoms with Gasteiger partial charge in [-0.1, -0.05) is 19.9 Å². The van der Waals surface area contributed by atoms with Gasteiger partial charge in [0.2, 0.25) is 0 Å². The number of hydrogen-bond donors (Lipinski definition) is 0. The van der Waals surface area contributed by atoms with Gasteiger partial charge < -0.3 is 14.2 Å². The van der Waals surface area contributed by atoms with Crippen LogP contribution in [0.4, 0.5) is 0 Å². The molecule has 0 radical (unpaired) electrons. The summed E-state index contributed by atoms with van der Waals surface area (Å²) < 4.78 is 15.7. The number of ketones is 1. The first-order chi connectivity index (χ1) is 9.99. The highest BCUT2D eigenvalue weighted by atomic mass is 16.5. The monoisotopic (exact) mass is 292 g/mol. The molecule has 114 valence electrons. The Morgan fingerprint density at radius 1 is 1.29 bits per heavy atom. The maximum atomic E-state index is 12.5. The Labute approximate surface area is 124 Å². The SMILES string of the molecule is COc1ccc2c(c1OC)C(=O)C(C(=O)OCC(C)C)C2. The number of carbonyl (C=O) groups excluding carboxylic acids is 2. The van der Waals surface area contributed by atoms with Crippen molar-refractivity contribution in [3.05, 3.63) is 23.3 Å². The minimum Gasteiger partial charge on any atom is -0.493 e. The third-order valence-electron chi connectivity index (χ3n) is 3.46. The second kappa shape index (κ2) is 6.16. The summed E-state index contributed by atoms with van der Waals surface area (Å²) in [5, 5.41) is 0. The fraction of sp³-hybridized carbons (Fsp3) is 0.500. The van der Waals surface area contributed by atoms with Crippen molar-refractivity contribution in [2.24, 2.45) is 11.8 Å². The molecule has 0 saturated heterocycles. The van der Waals surface area contributed by atoms with E-state index in [0.717, 1.165) is 5.56 Å². The minimum absolute atomic E-state index is 0.238. The smallest absolute Gasteiger partial charge is 0.317 e. The molecule has 5 heteroatoms. The third kappa shape index (κ3) is 2.86. The van der Waals surface area contributed by atoms with Crippen molar-refractivity contribution < 1.29 is 23.8 Å². The first-order valence-electron chi connectivity index (χ1n) is 6.94. The van der Waals surface area contributed by atoms with Crippen molar-refractivity contribution in [1.82, 2.24) is 0 Å². The standard InChI is InChI=1S/C16H20O5/c1-9(2)8-21-16(18)11-7-10-5-6-12(19-3)15(20-4)13(10)14(11)17/h5-6,9,11H,7-8H2,1-4H3. The van der Waals surface area contributed by atoms with E-state index in [2.05, 4.69) is 0 Å². The zero-order chi connectivity index (χ0) is 15.6. The molecule has 0 heterocycles. The van der Waals surface area contributed by atoms with Crippen LogP contribution >= 0.6 is 0 Å². The Balaban J connectivity index is 2.26. The molecule has 1 aliphatic rings. The highest BCUT2D eigenvalue weighted by Crippen LogP contribution is 2.40. The number of esters is 1. The molecule has 0 amide bonds. The molecule has 0 aliphatic heterocycles. The number of ether oxygens (including phenoxy) is 3. The van der Waals surface area contributed by atoms with Crippen LogP contribution < -0.4 is 9.47 Å². The first kappa shape index (κ1) is 15.4. The Morgan fingerprint density at radius 2 is 2.00 bits per heavy atom. The number of Topliss-reactive ketones (excluding diaryl/α,β-unsaturated/α-hetero) is 1. The molecule has 0 fully saturated rings. The van der Waals surface area contributed by atoms with Crippen LogP contribution in [-0.2, 0) is 16.0 Å². The molecule has 0 bridgehead atoms. The number of carbonyl (C=O) groups is 2. The molecule has 5 nitrogen and oxygen atoms in total. The average molecular weight is 292 g/mol. The van der Waals surface area contributed by atoms with Gasteiger partial charge in [0.05, 0.1) is 26.4 Å². The first-order valence-corrected chi connectivity index (χ1v) is 6.94. The average Bonchev–Trinajstić information content (AvgIpc) is 2.81. The van der Waals surface area contributed by atoms with E-state index in [1.165, 1.54) is 14.2 Å². The highest BCUT2D eigenvalue weighted by molar-refractivity contribution is 6.14. The zero-order valence-electron chi connectivity index (χ0n) is 12.8. The summed E-state index contributed by atoms with van der Waals surface area (Å²) in [7, 11) is 2.99. The molecule has 1 atom stereocenters. The second-order valence-electron chi connectivity index (χ2n) is 5.48. The Hall–Kier alpha value is -2.04. The van der Waals surface area contributed by atoms with Gasteiger partial charge in [-0.25, -0.2) is 0 Å². The topological polar surface area (TPSA) is 61.8 Å². The van der Waals surface area contributed by atoms with Crippen molar-refractivity contribution in [3.63, 3.8) is 0 Å². The van der Waals surface area contributed by atoms with Crippen LogP contribution in [0.15, 0.2) is 12.1 Å². The number of fused-ring (bicyclic) bond motifs is 1. The van der Waals surface area contributed by atoms with Crippen molar-refractivity contribution in [2.75, 3.05) is 20.8 Å². The van der Waals surface area contributed by atoms with Gasteiger partial charge in [-0.3, -0.25) is 9.59 Å². The Morgan fingerprint density at radius 3 is 2.57 bits per heavy atom. The second-order valence-corrected chi connectivity index (χ2v) is 5.48. The lowest BCUT2D eigenvalue weighted by Gasteiger charge is -2.11. The third-order valence-corrected chi connectivity index (χ3v) is 3.46. The fourth-order valence-electron chi connectivity index (χ4n) is 2.43. The number of hydrogen-bond acceptors (Lipinski definition) is 5. The van der Waals surface area contributed by atoms with E-state index >= 15 is 0 Å². The maximum absolute atomic E-state index is 12.5. The molecule has 1 unspecified atom stereocenters. The van der Waals surface area contributed by atoms with Crippen LogP contribution in [-0.4, -0.2) is 32.6 Å². The summed E-state index contributed by atoms with van der Waals surface area (Å²) in [5.74, 6) is -0.386. The number of rotatable bonds is 5. The summed E-state index contributed by atoms with van der Waals surface area (Å²) >= 11 is 0. The maximum Gasteiger partial charge on any atom is 0.317 e. The van der Waals surface area contributed by atoms with E-state index in [4.69, 9.17) is 14.2 Å². The molecule has 1 aromatic carbocycles. The van der Waals surface area contributed by atoms with E-state index in [-0.39, 0.29) is 11.7 Å². The van der Waals surface area contributed by atoms with E-state index in [9.17, 15) is 9.59 Å². The normalized spacial score (nSPS) is 16.8. The quantitative estimate of drug-likeness (QED) is 0.615. The van der Waals surface area contributed by atoms with E-state index in [1.54, 1.807) is 12.1 Å². The van der Waals surface area contributed by atoms with Crippen molar-refractivity contribution >= 4 is 11.8 Å². The van der Waals surface area contributed by atoms with Crippen LogP contribution in [0.3, 0.4) is 0 Å². The molecular formula is C16H20O5. The molecule has 2 rings (SSSR count). The van der Waals surface area contributed by atoms with Crippen LogP contribution in [0.2, 0.25) is 0 Å². The van der Waals surface area contributed by atoms with Crippen LogP contribution in [0.5, 0.6) is 11.5 Å². The predicted molar refractivity (Wildman–Crippen MR) is 76.9 cm³/mol. The van der Waals surface area contributed by atoms with Gasteiger partial charge >= 0.3 is 5.97 Å². The largest absolute Gasteiger partial charge is 0.493 e. The van der Waals surface area contributed by atoms with Crippen molar-refractivity contribution in [3.8, 4) is 11.5 Å². The van der Waals surface area contributed by atoms with Crippen LogP contribution in [0.1, 0.15) is 29.8 Å². The summed E-state index contributed by atoms with van der Waals surface area (Å²) in [5.41, 5.74) is 1.23. The summed E-state index contributed by atoms with van der Waals surface area (Å²) in [4.78, 5) is 24.6. The minimum atomic E-state index is -0.778. The summed E-state index contributed by atoms with van der Waals surface area (Å²) in [6.45, 7) is 4.22. The van der Waals surface area contributed by atoms with Crippen LogP contribution in [0.25, 0.3) is 0 Å². The molecule has 0 saturated carbocycles. The van der Waals surface area contributed by atoms with Crippen molar-refractivity contribution in [1.29, 1.82) is 0 Å². The molecular weight excluding hydrogens is 272 g/mol. The van der Waals surface area contributed by atoms with Gasteiger partial charge in [-0.15, -0.1) is 0 Å². The molecule has 1 aliphatic carbocycles. The van der Waals surface area contributed by atoms with E-state index < -0.39 is 11.9 Å². The number of benzene rings is 1. The molecule has 0 spiro atoms. The molecule has 0 N–H and O–H groups in total. The zero-order valence-corrected chi connectivity index (χ0v) is 12.8. The predicted octanol–water partition coefficient (Wildman–Crippen LogP) is 2.26. The Kier molecular flexibility index (Phi) is 4.50. The van der Waals surface area contributed by atoms with Gasteiger partial charge in [0, 0.05) is 0 Å². The highest BCUT2D eigenvalue weighted by Gasteiger charge is 2.40. The fourth-order valence-corrected chi connectivity index (χ4v) is 2.43. The van der Waals surface area contributed by atoms with E-state index in [1.807, 2.05) is 13.8 Å². The summed E-state index contributed by atoms with van der Waals surface area (Å²) in [6, 6.07) is 3.54. The van der Waals surface area contributed by atoms with Crippen LogP contribution in [0, 0.1) is 11.8 Å². The van der Waals surface area contributed by atoms with Gasteiger partial charge in [-0.2, -0.15) is 0 Å². The molecule has 1 aromatic rings. The number of methoxy groups -OCH3 is 2.